The third-order valence-corrected chi connectivity index (χ3v) is 6.42. The summed E-state index contributed by atoms with van der Waals surface area (Å²) in [6, 6.07) is 9.49. The fourth-order valence-corrected chi connectivity index (χ4v) is 5.15. The minimum absolute atomic E-state index is 0.306. The van der Waals surface area contributed by atoms with Gasteiger partial charge in [-0.05, 0) is 57.2 Å². The number of aliphatic carboxylic acids is 1. The summed E-state index contributed by atoms with van der Waals surface area (Å²) in [4.78, 5) is 15.0. The zero-order valence-corrected chi connectivity index (χ0v) is 15.3. The Morgan fingerprint density at radius 3 is 2.48 bits per heavy atom. The summed E-state index contributed by atoms with van der Waals surface area (Å²) < 4.78 is 0. The average Bonchev–Trinajstić information content (AvgIpc) is 2.60. The lowest BCUT2D eigenvalue weighted by atomic mass is 9.58. The molecule has 2 fully saturated rings. The van der Waals surface area contributed by atoms with E-state index in [2.05, 4.69) is 11.9 Å². The number of hydrogen-bond acceptors (Lipinski definition) is 3. The molecule has 2 atom stereocenters. The molecule has 0 bridgehead atoms. The Balaban J connectivity index is 2.03. The van der Waals surface area contributed by atoms with E-state index in [0.717, 1.165) is 50.8 Å². The molecule has 138 valence electrons. The van der Waals surface area contributed by atoms with Gasteiger partial charge in [0.05, 0.1) is 5.60 Å². The fraction of sp³-hybridized carbons (Fsp3) is 0.667. The summed E-state index contributed by atoms with van der Waals surface area (Å²) in [5.41, 5.74) is -1.61. The van der Waals surface area contributed by atoms with Gasteiger partial charge in [0.1, 0.15) is 5.41 Å². The number of aliphatic hydroxyl groups is 1. The number of piperidine rings is 1. The lowest BCUT2D eigenvalue weighted by Gasteiger charge is -2.49. The largest absolute Gasteiger partial charge is 0.480 e. The second kappa shape index (κ2) is 7.46. The monoisotopic (exact) mass is 345 g/mol. The number of carbonyl (C=O) groups is 1. The van der Waals surface area contributed by atoms with Gasteiger partial charge in [0.15, 0.2) is 0 Å². The van der Waals surface area contributed by atoms with Crippen LogP contribution in [0.3, 0.4) is 0 Å². The van der Waals surface area contributed by atoms with Gasteiger partial charge < -0.3 is 15.1 Å². The zero-order chi connectivity index (χ0) is 17.9. The van der Waals surface area contributed by atoms with Gasteiger partial charge in [-0.2, -0.15) is 0 Å². The highest BCUT2D eigenvalue weighted by atomic mass is 16.4. The van der Waals surface area contributed by atoms with Crippen molar-refractivity contribution in [2.75, 3.05) is 20.1 Å². The first-order valence-electron chi connectivity index (χ1n) is 9.68. The van der Waals surface area contributed by atoms with Crippen LogP contribution in [0.1, 0.15) is 56.9 Å². The highest BCUT2D eigenvalue weighted by molar-refractivity contribution is 5.83. The molecule has 4 heteroatoms. The van der Waals surface area contributed by atoms with Crippen LogP contribution in [0.2, 0.25) is 0 Å². The van der Waals surface area contributed by atoms with Crippen LogP contribution in [-0.4, -0.2) is 46.8 Å². The molecular weight excluding hydrogens is 314 g/mol. The van der Waals surface area contributed by atoms with Crippen LogP contribution in [0.25, 0.3) is 0 Å². The molecule has 2 unspecified atom stereocenters. The van der Waals surface area contributed by atoms with E-state index in [4.69, 9.17) is 0 Å². The van der Waals surface area contributed by atoms with Crippen molar-refractivity contribution in [1.29, 1.82) is 0 Å². The molecule has 2 aliphatic rings. The van der Waals surface area contributed by atoms with Crippen LogP contribution in [-0.2, 0) is 10.2 Å². The van der Waals surface area contributed by atoms with Crippen molar-refractivity contribution in [1.82, 2.24) is 4.90 Å². The molecule has 0 aromatic heterocycles. The van der Waals surface area contributed by atoms with E-state index in [0.29, 0.717) is 25.2 Å². The Morgan fingerprint density at radius 1 is 1.20 bits per heavy atom. The maximum absolute atomic E-state index is 12.7. The topological polar surface area (TPSA) is 60.8 Å². The zero-order valence-electron chi connectivity index (χ0n) is 15.3. The van der Waals surface area contributed by atoms with E-state index in [1.807, 2.05) is 30.3 Å². The highest BCUT2D eigenvalue weighted by Gasteiger charge is 2.57. The van der Waals surface area contributed by atoms with Crippen LogP contribution in [0, 0.1) is 5.92 Å². The molecule has 0 amide bonds. The van der Waals surface area contributed by atoms with Gasteiger partial charge in [-0.15, -0.1) is 0 Å². The second-order valence-electron chi connectivity index (χ2n) is 8.14. The van der Waals surface area contributed by atoms with Crippen molar-refractivity contribution >= 4 is 5.97 Å². The summed E-state index contributed by atoms with van der Waals surface area (Å²) in [5, 5.41) is 22.0. The Labute approximate surface area is 150 Å². The van der Waals surface area contributed by atoms with Crippen LogP contribution >= 0.6 is 0 Å². The molecule has 0 radical (unpaired) electrons. The third kappa shape index (κ3) is 3.47. The number of nitrogens with zero attached hydrogens (tertiary/aromatic N) is 1. The molecule has 25 heavy (non-hydrogen) atoms. The first-order valence-corrected chi connectivity index (χ1v) is 9.68. The van der Waals surface area contributed by atoms with Crippen molar-refractivity contribution in [3.8, 4) is 0 Å². The number of likely N-dealkylation sites (tertiary alicyclic amines) is 1. The predicted octanol–water partition coefficient (Wildman–Crippen LogP) is 3.44. The molecule has 3 rings (SSSR count). The van der Waals surface area contributed by atoms with E-state index < -0.39 is 17.0 Å². The van der Waals surface area contributed by atoms with Gasteiger partial charge in [0.2, 0.25) is 0 Å². The fourth-order valence-electron chi connectivity index (χ4n) is 5.15. The molecule has 0 spiro atoms. The Bertz CT molecular complexity index is 582. The Morgan fingerprint density at radius 2 is 1.88 bits per heavy atom. The lowest BCUT2D eigenvalue weighted by molar-refractivity contribution is -0.163. The van der Waals surface area contributed by atoms with E-state index in [9.17, 15) is 15.0 Å². The van der Waals surface area contributed by atoms with Gasteiger partial charge in [0, 0.05) is 6.54 Å². The molecule has 2 N–H and O–H groups in total. The van der Waals surface area contributed by atoms with Gasteiger partial charge in [-0.25, -0.2) is 0 Å². The quantitative estimate of drug-likeness (QED) is 0.858. The van der Waals surface area contributed by atoms with E-state index >= 15 is 0 Å². The van der Waals surface area contributed by atoms with Crippen molar-refractivity contribution in [3.63, 3.8) is 0 Å². The summed E-state index contributed by atoms with van der Waals surface area (Å²) in [6.45, 7) is 1.99. The molecule has 1 aromatic carbocycles. The number of hydrogen-bond donors (Lipinski definition) is 2. The van der Waals surface area contributed by atoms with E-state index in [1.54, 1.807) is 0 Å². The maximum atomic E-state index is 12.7. The Kier molecular flexibility index (Phi) is 5.49. The number of carboxylic acids is 1. The van der Waals surface area contributed by atoms with Gasteiger partial charge in [-0.1, -0.05) is 49.6 Å². The van der Waals surface area contributed by atoms with Crippen molar-refractivity contribution in [2.45, 2.75) is 62.4 Å². The number of rotatable bonds is 5. The number of carboxylic acid groups (broad SMARTS) is 1. The molecule has 1 heterocycles. The first kappa shape index (κ1) is 18.4. The second-order valence-corrected chi connectivity index (χ2v) is 8.14. The van der Waals surface area contributed by atoms with Crippen molar-refractivity contribution in [3.05, 3.63) is 35.9 Å². The van der Waals surface area contributed by atoms with Crippen molar-refractivity contribution in [2.24, 2.45) is 5.92 Å². The van der Waals surface area contributed by atoms with Crippen LogP contribution < -0.4 is 0 Å². The van der Waals surface area contributed by atoms with Crippen molar-refractivity contribution < 1.29 is 15.0 Å². The smallest absolute Gasteiger partial charge is 0.317 e. The standard InChI is InChI=1S/C21H31NO3/c1-22-14-8-9-17(16-22)15-21(19(23)24,18-10-4-2-5-11-18)20(25)12-6-3-7-13-20/h2,4-5,10-11,17,25H,3,6-9,12-16H2,1H3,(H,23,24). The van der Waals surface area contributed by atoms with Crippen LogP contribution in [0.5, 0.6) is 0 Å². The molecule has 4 nitrogen and oxygen atoms in total. The van der Waals surface area contributed by atoms with E-state index in [-0.39, 0.29) is 0 Å². The van der Waals surface area contributed by atoms with E-state index in [1.165, 1.54) is 0 Å². The molecule has 1 aromatic rings. The summed E-state index contributed by atoms with van der Waals surface area (Å²) in [6.07, 6.45) is 6.72. The number of benzene rings is 1. The minimum Gasteiger partial charge on any atom is -0.480 e. The summed E-state index contributed by atoms with van der Waals surface area (Å²) >= 11 is 0. The van der Waals surface area contributed by atoms with Crippen LogP contribution in [0.15, 0.2) is 30.3 Å². The third-order valence-electron chi connectivity index (χ3n) is 6.42. The predicted molar refractivity (Wildman–Crippen MR) is 98.6 cm³/mol. The molecular formula is C21H31NO3. The normalized spacial score (nSPS) is 26.7. The molecule has 1 aliphatic carbocycles. The summed E-state index contributed by atoms with van der Waals surface area (Å²) in [7, 11) is 2.10. The lowest BCUT2D eigenvalue weighted by Crippen LogP contribution is -2.59. The summed E-state index contributed by atoms with van der Waals surface area (Å²) in [5.74, 6) is -0.558. The maximum Gasteiger partial charge on any atom is 0.317 e. The molecule has 1 saturated heterocycles. The Hall–Kier alpha value is -1.39. The average molecular weight is 345 g/mol. The highest BCUT2D eigenvalue weighted by Crippen LogP contribution is 2.49. The van der Waals surface area contributed by atoms with Gasteiger partial charge in [-0.3, -0.25) is 4.79 Å². The SMILES string of the molecule is CN1CCCC(CC(C(=O)O)(c2ccccc2)C2(O)CCCCC2)C1. The van der Waals surface area contributed by atoms with Crippen LogP contribution in [0.4, 0.5) is 0 Å². The molecule has 1 saturated carbocycles. The van der Waals surface area contributed by atoms with Gasteiger partial charge in [0.25, 0.3) is 0 Å². The first-order chi connectivity index (χ1) is 12.0. The van der Waals surface area contributed by atoms with Gasteiger partial charge >= 0.3 is 5.97 Å². The minimum atomic E-state index is -1.21. The molecule has 1 aliphatic heterocycles.